The maximum atomic E-state index is 13.1. The van der Waals surface area contributed by atoms with E-state index in [1.165, 1.54) is 0 Å². The first-order valence-electron chi connectivity index (χ1n) is 14.5. The number of benzene rings is 1. The largest absolute Gasteiger partial charge is 0.497 e. The zero-order valence-electron chi connectivity index (χ0n) is 24.8. The zero-order chi connectivity index (χ0) is 30.0. The van der Waals surface area contributed by atoms with Crippen LogP contribution in [0, 0.1) is 11.8 Å². The Morgan fingerprint density at radius 2 is 1.73 bits per heavy atom. The van der Waals surface area contributed by atoms with Gasteiger partial charge in [-0.3, -0.25) is 14.4 Å². The van der Waals surface area contributed by atoms with Crippen molar-refractivity contribution in [2.45, 2.75) is 77.4 Å². The van der Waals surface area contributed by atoms with Crippen molar-refractivity contribution in [1.82, 2.24) is 15.1 Å². The maximum Gasteiger partial charge on any atom is 0.410 e. The minimum absolute atomic E-state index is 0.126. The van der Waals surface area contributed by atoms with Crippen molar-refractivity contribution in [1.29, 1.82) is 0 Å². The molecule has 2 heterocycles. The molecular formula is C31H45N3O7. The van der Waals surface area contributed by atoms with Gasteiger partial charge in [-0.05, 0) is 89.0 Å². The molecule has 1 aromatic rings. The summed E-state index contributed by atoms with van der Waals surface area (Å²) in [7, 11) is 1.60. The molecule has 2 fully saturated rings. The predicted molar refractivity (Wildman–Crippen MR) is 154 cm³/mol. The number of carbonyl (C=O) groups is 4. The molecule has 0 aromatic heterocycles. The number of rotatable bonds is 10. The van der Waals surface area contributed by atoms with Gasteiger partial charge in [-0.25, -0.2) is 4.79 Å². The van der Waals surface area contributed by atoms with E-state index in [-0.39, 0.29) is 36.2 Å². The minimum Gasteiger partial charge on any atom is -0.497 e. The summed E-state index contributed by atoms with van der Waals surface area (Å²) < 4.78 is 10.6. The van der Waals surface area contributed by atoms with Crippen LogP contribution in [0.3, 0.4) is 0 Å². The lowest BCUT2D eigenvalue weighted by Gasteiger charge is -2.33. The van der Waals surface area contributed by atoms with E-state index in [1.54, 1.807) is 23.0 Å². The van der Waals surface area contributed by atoms with Crippen molar-refractivity contribution in [3.8, 4) is 5.75 Å². The lowest BCUT2D eigenvalue weighted by atomic mass is 9.95. The number of carboxylic acid groups (broad SMARTS) is 1. The number of carboxylic acids is 1. The highest BCUT2D eigenvalue weighted by atomic mass is 16.6. The first kappa shape index (κ1) is 32.0. The number of carbonyl (C=O) groups excluding carboxylic acids is 3. The van der Waals surface area contributed by atoms with Gasteiger partial charge in [-0.2, -0.15) is 0 Å². The van der Waals surface area contributed by atoms with Crippen LogP contribution in [0.15, 0.2) is 36.4 Å². The second-order valence-corrected chi connectivity index (χ2v) is 12.0. The summed E-state index contributed by atoms with van der Waals surface area (Å²) in [5, 5.41) is 12.3. The summed E-state index contributed by atoms with van der Waals surface area (Å²) in [6.45, 7) is 7.60. The second kappa shape index (κ2) is 14.9. The van der Waals surface area contributed by atoms with Crippen molar-refractivity contribution in [2.24, 2.45) is 11.8 Å². The molecule has 0 saturated carbocycles. The van der Waals surface area contributed by atoms with Crippen LogP contribution in [-0.4, -0.2) is 83.7 Å². The molecule has 2 N–H and O–H groups in total. The molecule has 2 aliphatic heterocycles. The van der Waals surface area contributed by atoms with Gasteiger partial charge in [0.1, 0.15) is 11.4 Å². The molecule has 0 aliphatic carbocycles. The number of nitrogens with zero attached hydrogens (tertiary/aromatic N) is 2. The molecule has 226 valence electrons. The Balaban J connectivity index is 1.47. The van der Waals surface area contributed by atoms with E-state index in [9.17, 15) is 24.3 Å². The summed E-state index contributed by atoms with van der Waals surface area (Å²) >= 11 is 0. The van der Waals surface area contributed by atoms with E-state index in [0.29, 0.717) is 51.9 Å². The molecule has 0 radical (unpaired) electrons. The Kier molecular flexibility index (Phi) is 11.6. The van der Waals surface area contributed by atoms with E-state index >= 15 is 0 Å². The molecule has 0 spiro atoms. The third kappa shape index (κ3) is 10.7. The van der Waals surface area contributed by atoms with Gasteiger partial charge in [0.15, 0.2) is 0 Å². The summed E-state index contributed by atoms with van der Waals surface area (Å²) in [4.78, 5) is 53.2. The molecule has 10 heteroatoms. The van der Waals surface area contributed by atoms with Crippen LogP contribution in [0.1, 0.15) is 64.9 Å². The highest BCUT2D eigenvalue weighted by Crippen LogP contribution is 2.22. The van der Waals surface area contributed by atoms with E-state index in [4.69, 9.17) is 9.47 Å². The third-order valence-corrected chi connectivity index (χ3v) is 7.51. The first-order valence-corrected chi connectivity index (χ1v) is 14.5. The van der Waals surface area contributed by atoms with Crippen molar-refractivity contribution in [3.63, 3.8) is 0 Å². The van der Waals surface area contributed by atoms with Crippen LogP contribution in [-0.2, 0) is 25.5 Å². The average Bonchev–Trinajstić information content (AvgIpc) is 2.94. The Morgan fingerprint density at radius 1 is 1.05 bits per heavy atom. The average molecular weight is 572 g/mol. The van der Waals surface area contributed by atoms with Crippen LogP contribution < -0.4 is 10.1 Å². The van der Waals surface area contributed by atoms with E-state index < -0.39 is 17.6 Å². The Hall–Kier alpha value is -3.56. The Bertz CT molecular complexity index is 1070. The lowest BCUT2D eigenvalue weighted by Crippen LogP contribution is -2.47. The van der Waals surface area contributed by atoms with Gasteiger partial charge in [0.05, 0.1) is 19.4 Å². The molecule has 3 amide bonds. The van der Waals surface area contributed by atoms with Gasteiger partial charge in [0.25, 0.3) is 0 Å². The van der Waals surface area contributed by atoms with Crippen LogP contribution in [0.5, 0.6) is 5.75 Å². The maximum absolute atomic E-state index is 13.1. The zero-order valence-corrected chi connectivity index (χ0v) is 24.8. The Labute approximate surface area is 243 Å². The predicted octanol–water partition coefficient (Wildman–Crippen LogP) is 4.03. The quantitative estimate of drug-likeness (QED) is 0.406. The number of allylic oxidation sites excluding steroid dienone is 1. The number of hydrogen-bond acceptors (Lipinski definition) is 6. The summed E-state index contributed by atoms with van der Waals surface area (Å²) in [6.07, 6.45) is 7.05. The number of likely N-dealkylation sites (tertiary alicyclic amines) is 2. The smallest absolute Gasteiger partial charge is 0.410 e. The van der Waals surface area contributed by atoms with Crippen molar-refractivity contribution < 1.29 is 33.8 Å². The molecule has 2 saturated heterocycles. The van der Waals surface area contributed by atoms with Gasteiger partial charge < -0.3 is 29.7 Å². The normalized spacial score (nSPS) is 19.1. The number of nitrogens with one attached hydrogen (secondary N) is 1. The van der Waals surface area contributed by atoms with Gasteiger partial charge in [0, 0.05) is 32.2 Å². The summed E-state index contributed by atoms with van der Waals surface area (Å²) in [6, 6.07) is 7.08. The Morgan fingerprint density at radius 3 is 2.34 bits per heavy atom. The molecule has 2 aliphatic rings. The highest BCUT2D eigenvalue weighted by molar-refractivity contribution is 5.88. The van der Waals surface area contributed by atoms with Crippen LogP contribution >= 0.6 is 0 Å². The number of ether oxygens (including phenoxy) is 2. The van der Waals surface area contributed by atoms with Crippen LogP contribution in [0.2, 0.25) is 0 Å². The third-order valence-electron chi connectivity index (χ3n) is 7.51. The lowest BCUT2D eigenvalue weighted by molar-refractivity contribution is -0.138. The van der Waals surface area contributed by atoms with Crippen LogP contribution in [0.4, 0.5) is 4.79 Å². The topological polar surface area (TPSA) is 125 Å². The number of amides is 3. The minimum atomic E-state index is -0.965. The SMILES string of the molecule is COc1ccc(CCC(CC(=O)O)NC(=O)[C@@H]2CCCN(C(=O)/C=C/C3CCN(C(=O)OC(C)(C)C)CC3)C2)cc1. The van der Waals surface area contributed by atoms with Crippen LogP contribution in [0.25, 0.3) is 0 Å². The summed E-state index contributed by atoms with van der Waals surface area (Å²) in [5.74, 6) is -0.730. The monoisotopic (exact) mass is 571 g/mol. The van der Waals surface area contributed by atoms with Gasteiger partial charge >= 0.3 is 12.1 Å². The first-order chi connectivity index (χ1) is 19.4. The number of piperidine rings is 2. The molecule has 0 bridgehead atoms. The molecular weight excluding hydrogens is 526 g/mol. The highest BCUT2D eigenvalue weighted by Gasteiger charge is 2.30. The van der Waals surface area contributed by atoms with Gasteiger partial charge in [-0.1, -0.05) is 18.2 Å². The van der Waals surface area contributed by atoms with E-state index in [1.807, 2.05) is 51.1 Å². The van der Waals surface area contributed by atoms with Gasteiger partial charge in [-0.15, -0.1) is 0 Å². The standard InChI is InChI=1S/C31H45N3O7/c1-31(2,3)41-30(39)33-18-15-23(16-19-33)10-14-27(35)34-17-5-6-24(21-34)29(38)32-25(20-28(36)37)11-7-22-8-12-26(40-4)13-9-22/h8-10,12-14,23-25H,5-7,11,15-21H2,1-4H3,(H,32,38)(H,36,37)/b14-10+/t24-,25?/m1/s1. The number of aryl methyl sites for hydroxylation is 1. The molecule has 1 aromatic carbocycles. The molecule has 1 unspecified atom stereocenters. The van der Waals surface area contributed by atoms with Crippen molar-refractivity contribution in [3.05, 3.63) is 42.0 Å². The van der Waals surface area contributed by atoms with Crippen molar-refractivity contribution >= 4 is 23.9 Å². The second-order valence-electron chi connectivity index (χ2n) is 12.0. The number of methoxy groups -OCH3 is 1. The van der Waals surface area contributed by atoms with Gasteiger partial charge in [0.2, 0.25) is 11.8 Å². The van der Waals surface area contributed by atoms with E-state index in [0.717, 1.165) is 24.2 Å². The molecule has 3 rings (SSSR count). The fourth-order valence-corrected chi connectivity index (χ4v) is 5.20. The number of aliphatic carboxylic acids is 1. The van der Waals surface area contributed by atoms with Crippen molar-refractivity contribution in [2.75, 3.05) is 33.3 Å². The van der Waals surface area contributed by atoms with E-state index in [2.05, 4.69) is 5.32 Å². The molecule has 2 atom stereocenters. The fourth-order valence-electron chi connectivity index (χ4n) is 5.20. The fraction of sp³-hybridized carbons (Fsp3) is 0.613. The number of hydrogen-bond donors (Lipinski definition) is 2. The summed E-state index contributed by atoms with van der Waals surface area (Å²) in [5.41, 5.74) is 0.505. The molecule has 41 heavy (non-hydrogen) atoms. The molecule has 10 nitrogen and oxygen atoms in total.